The molecule has 1 fully saturated rings. The molecule has 0 bridgehead atoms. The van der Waals surface area contributed by atoms with Crippen molar-refractivity contribution in [2.24, 2.45) is 5.41 Å². The Hall–Kier alpha value is -0.340. The minimum absolute atomic E-state index is 0.356. The van der Waals surface area contributed by atoms with Gasteiger partial charge < -0.3 is 5.32 Å². The highest BCUT2D eigenvalue weighted by atomic mass is 15.2. The Morgan fingerprint density at radius 1 is 1.40 bits per heavy atom. The summed E-state index contributed by atoms with van der Waals surface area (Å²) in [6.07, 6.45) is 4.41. The Bertz CT molecular complexity index is 215. The van der Waals surface area contributed by atoms with Gasteiger partial charge in [0.1, 0.15) is 0 Å². The van der Waals surface area contributed by atoms with E-state index in [4.69, 9.17) is 0 Å². The Morgan fingerprint density at radius 3 is 2.60 bits per heavy atom. The van der Waals surface area contributed by atoms with Crippen molar-refractivity contribution < 1.29 is 0 Å². The minimum atomic E-state index is 0.356. The van der Waals surface area contributed by atoms with E-state index in [9.17, 15) is 0 Å². The number of allylic oxidation sites excluding steroid dienone is 1. The van der Waals surface area contributed by atoms with Gasteiger partial charge in [0.2, 0.25) is 0 Å². The van der Waals surface area contributed by atoms with Gasteiger partial charge in [-0.25, -0.2) is 0 Å². The third-order valence-corrected chi connectivity index (χ3v) is 3.18. The molecule has 0 saturated carbocycles. The number of nitrogens with one attached hydrogen (secondary N) is 1. The second-order valence-corrected chi connectivity index (χ2v) is 5.71. The summed E-state index contributed by atoms with van der Waals surface area (Å²) >= 11 is 0. The highest BCUT2D eigenvalue weighted by molar-refractivity contribution is 4.94. The summed E-state index contributed by atoms with van der Waals surface area (Å²) in [4.78, 5) is 2.60. The predicted octanol–water partition coefficient (Wildman–Crippen LogP) is 2.27. The lowest BCUT2D eigenvalue weighted by Gasteiger charge is -2.45. The first kappa shape index (κ1) is 12.7. The molecule has 2 atom stereocenters. The molecule has 1 rings (SSSR count). The summed E-state index contributed by atoms with van der Waals surface area (Å²) in [5.41, 5.74) is 0.356. The zero-order valence-corrected chi connectivity index (χ0v) is 10.9. The highest BCUT2D eigenvalue weighted by Gasteiger charge is 2.33. The van der Waals surface area contributed by atoms with Gasteiger partial charge in [-0.2, -0.15) is 0 Å². The van der Waals surface area contributed by atoms with E-state index in [0.717, 1.165) is 19.6 Å². The van der Waals surface area contributed by atoms with Crippen LogP contribution in [0.25, 0.3) is 0 Å². The standard InChI is InChI=1S/C13H26N2/c1-6-7-8-15-10-11(2)14-9-12(15)13(3,4)5/h6-7,11-12,14H,8-10H2,1-5H3/b7-6+. The average molecular weight is 210 g/mol. The number of piperazine rings is 1. The molecule has 1 N–H and O–H groups in total. The maximum absolute atomic E-state index is 3.58. The first-order chi connectivity index (χ1) is 6.95. The van der Waals surface area contributed by atoms with Gasteiger partial charge in [-0.1, -0.05) is 32.9 Å². The van der Waals surface area contributed by atoms with Crippen molar-refractivity contribution in [1.29, 1.82) is 0 Å². The third-order valence-electron chi connectivity index (χ3n) is 3.18. The highest BCUT2D eigenvalue weighted by Crippen LogP contribution is 2.26. The van der Waals surface area contributed by atoms with Gasteiger partial charge in [-0.15, -0.1) is 0 Å². The molecule has 0 spiro atoms. The van der Waals surface area contributed by atoms with Gasteiger partial charge in [-0.05, 0) is 19.3 Å². The van der Waals surface area contributed by atoms with Crippen LogP contribution in [0.15, 0.2) is 12.2 Å². The SMILES string of the molecule is C/C=C/CN1CC(C)NCC1C(C)(C)C. The van der Waals surface area contributed by atoms with E-state index in [-0.39, 0.29) is 0 Å². The van der Waals surface area contributed by atoms with Crippen molar-refractivity contribution in [3.8, 4) is 0 Å². The van der Waals surface area contributed by atoms with Crippen LogP contribution >= 0.6 is 0 Å². The van der Waals surface area contributed by atoms with Crippen molar-refractivity contribution in [3.63, 3.8) is 0 Å². The molecule has 0 aromatic rings. The smallest absolute Gasteiger partial charge is 0.0273 e. The van der Waals surface area contributed by atoms with Crippen molar-refractivity contribution in [2.75, 3.05) is 19.6 Å². The van der Waals surface area contributed by atoms with Gasteiger partial charge in [0.25, 0.3) is 0 Å². The van der Waals surface area contributed by atoms with Crippen LogP contribution in [0.1, 0.15) is 34.6 Å². The van der Waals surface area contributed by atoms with Crippen molar-refractivity contribution in [2.45, 2.75) is 46.7 Å². The van der Waals surface area contributed by atoms with Crippen LogP contribution in [0.3, 0.4) is 0 Å². The molecule has 15 heavy (non-hydrogen) atoms. The van der Waals surface area contributed by atoms with E-state index >= 15 is 0 Å². The molecule has 2 unspecified atom stereocenters. The first-order valence-electron chi connectivity index (χ1n) is 6.03. The number of hydrogen-bond donors (Lipinski definition) is 1. The molecule has 0 aliphatic carbocycles. The molecule has 2 nitrogen and oxygen atoms in total. The molecule has 0 amide bonds. The van der Waals surface area contributed by atoms with E-state index in [2.05, 4.69) is 57.0 Å². The Labute approximate surface area is 94.7 Å². The molecule has 1 heterocycles. The van der Waals surface area contributed by atoms with Gasteiger partial charge in [0.05, 0.1) is 0 Å². The van der Waals surface area contributed by atoms with Crippen LogP contribution in [0.5, 0.6) is 0 Å². The molecule has 1 aliphatic heterocycles. The van der Waals surface area contributed by atoms with Crippen LogP contribution < -0.4 is 5.32 Å². The van der Waals surface area contributed by atoms with Gasteiger partial charge in [-0.3, -0.25) is 4.90 Å². The van der Waals surface area contributed by atoms with E-state index in [0.29, 0.717) is 17.5 Å². The molecule has 0 radical (unpaired) electrons. The van der Waals surface area contributed by atoms with Crippen molar-refractivity contribution >= 4 is 0 Å². The molecule has 88 valence electrons. The fraction of sp³-hybridized carbons (Fsp3) is 0.846. The van der Waals surface area contributed by atoms with E-state index < -0.39 is 0 Å². The van der Waals surface area contributed by atoms with Crippen LogP contribution in [-0.2, 0) is 0 Å². The van der Waals surface area contributed by atoms with Gasteiger partial charge >= 0.3 is 0 Å². The lowest BCUT2D eigenvalue weighted by Crippen LogP contribution is -2.59. The Kier molecular flexibility index (Phi) is 4.35. The van der Waals surface area contributed by atoms with E-state index in [1.165, 1.54) is 0 Å². The maximum Gasteiger partial charge on any atom is 0.0273 e. The second kappa shape index (κ2) is 5.13. The maximum atomic E-state index is 3.58. The Morgan fingerprint density at radius 2 is 2.07 bits per heavy atom. The summed E-state index contributed by atoms with van der Waals surface area (Å²) in [5, 5.41) is 3.58. The van der Waals surface area contributed by atoms with E-state index in [1.807, 2.05) is 0 Å². The lowest BCUT2D eigenvalue weighted by atomic mass is 9.84. The zero-order valence-electron chi connectivity index (χ0n) is 10.9. The lowest BCUT2D eigenvalue weighted by molar-refractivity contribution is 0.0695. The van der Waals surface area contributed by atoms with Crippen molar-refractivity contribution in [1.82, 2.24) is 10.2 Å². The molecule has 1 aliphatic rings. The summed E-state index contributed by atoms with van der Waals surface area (Å²) in [6.45, 7) is 14.7. The quantitative estimate of drug-likeness (QED) is 0.703. The molecule has 0 aromatic carbocycles. The summed E-state index contributed by atoms with van der Waals surface area (Å²) in [7, 11) is 0. The normalized spacial score (nSPS) is 29.9. The molecule has 0 aromatic heterocycles. The molecular formula is C13H26N2. The summed E-state index contributed by atoms with van der Waals surface area (Å²) in [6, 6.07) is 1.26. The van der Waals surface area contributed by atoms with Crippen molar-refractivity contribution in [3.05, 3.63) is 12.2 Å². The van der Waals surface area contributed by atoms with Crippen LogP contribution in [0.4, 0.5) is 0 Å². The fourth-order valence-corrected chi connectivity index (χ4v) is 2.28. The molecular weight excluding hydrogens is 184 g/mol. The van der Waals surface area contributed by atoms with Crippen LogP contribution in [0.2, 0.25) is 0 Å². The average Bonchev–Trinajstić information content (AvgIpc) is 2.12. The number of rotatable bonds is 2. The largest absolute Gasteiger partial charge is 0.311 e. The van der Waals surface area contributed by atoms with E-state index in [1.54, 1.807) is 0 Å². The fourth-order valence-electron chi connectivity index (χ4n) is 2.28. The minimum Gasteiger partial charge on any atom is -0.311 e. The monoisotopic (exact) mass is 210 g/mol. The first-order valence-corrected chi connectivity index (χ1v) is 6.03. The van der Waals surface area contributed by atoms with Gasteiger partial charge in [0.15, 0.2) is 0 Å². The molecule has 1 saturated heterocycles. The number of nitrogens with zero attached hydrogens (tertiary/aromatic N) is 1. The Balaban J connectivity index is 2.66. The third kappa shape index (κ3) is 3.62. The van der Waals surface area contributed by atoms with Crippen LogP contribution in [0, 0.1) is 5.41 Å². The van der Waals surface area contributed by atoms with Crippen LogP contribution in [-0.4, -0.2) is 36.6 Å². The predicted molar refractivity (Wildman–Crippen MR) is 67.1 cm³/mol. The number of hydrogen-bond acceptors (Lipinski definition) is 2. The topological polar surface area (TPSA) is 15.3 Å². The second-order valence-electron chi connectivity index (χ2n) is 5.71. The van der Waals surface area contributed by atoms with Gasteiger partial charge in [0, 0.05) is 31.7 Å². The summed E-state index contributed by atoms with van der Waals surface area (Å²) in [5.74, 6) is 0. The molecule has 2 heteroatoms. The zero-order chi connectivity index (χ0) is 11.5. The summed E-state index contributed by atoms with van der Waals surface area (Å²) < 4.78 is 0.